The van der Waals surface area contributed by atoms with E-state index in [4.69, 9.17) is 4.74 Å². The van der Waals surface area contributed by atoms with E-state index in [0.29, 0.717) is 6.10 Å². The van der Waals surface area contributed by atoms with Gasteiger partial charge >= 0.3 is 0 Å². The topological polar surface area (TPSA) is 37.4 Å². The molecule has 0 unspecified atom stereocenters. The maximum Gasteiger partial charge on any atom is 0.140 e. The smallest absolute Gasteiger partial charge is 0.140 e. The van der Waals surface area contributed by atoms with Crippen LogP contribution in [-0.4, -0.2) is 42.7 Å². The van der Waals surface area contributed by atoms with Gasteiger partial charge in [0.05, 0.1) is 18.1 Å². The van der Waals surface area contributed by atoms with Crippen molar-refractivity contribution in [1.29, 1.82) is 0 Å². The molecule has 0 radical (unpaired) electrons. The summed E-state index contributed by atoms with van der Waals surface area (Å²) < 4.78 is 6.00. The number of pyridine rings is 1. The monoisotopic (exact) mass is 249 g/mol. The normalized spacial score (nSPS) is 17.7. The number of likely N-dealkylation sites (tertiary alicyclic amines) is 1. The summed E-state index contributed by atoms with van der Waals surface area (Å²) in [4.78, 5) is 6.56. The van der Waals surface area contributed by atoms with Crippen LogP contribution in [0.15, 0.2) is 18.5 Å². The lowest BCUT2D eigenvalue weighted by atomic mass is 10.1. The predicted molar refractivity (Wildman–Crippen MR) is 74.2 cm³/mol. The largest absolute Gasteiger partial charge is 0.489 e. The van der Waals surface area contributed by atoms with Crippen LogP contribution in [-0.2, 0) is 0 Å². The van der Waals surface area contributed by atoms with E-state index < -0.39 is 0 Å². The van der Waals surface area contributed by atoms with E-state index in [1.807, 2.05) is 12.3 Å². The van der Waals surface area contributed by atoms with E-state index in [1.54, 1.807) is 6.20 Å². The molecule has 1 N–H and O–H groups in total. The fraction of sp³-hybridized carbons (Fsp3) is 0.643. The molecule has 0 aliphatic carbocycles. The number of hydrogen-bond donors (Lipinski definition) is 1. The first-order chi connectivity index (χ1) is 8.78. The number of hydrogen-bond acceptors (Lipinski definition) is 4. The van der Waals surface area contributed by atoms with Gasteiger partial charge in [-0.2, -0.15) is 0 Å². The standard InChI is InChI=1S/C14H23N3O/c1-3-6-16-12-9-14(11-15-10-12)18-13-4-7-17(2)8-5-13/h9-11,13,16H,3-8H2,1-2H3. The number of ether oxygens (including phenoxy) is 1. The second-order valence-electron chi connectivity index (χ2n) is 4.96. The van der Waals surface area contributed by atoms with Gasteiger partial charge in [0.25, 0.3) is 0 Å². The molecular formula is C14H23N3O. The Morgan fingerprint density at radius 2 is 2.17 bits per heavy atom. The molecule has 2 heterocycles. The van der Waals surface area contributed by atoms with Gasteiger partial charge < -0.3 is 15.0 Å². The van der Waals surface area contributed by atoms with Gasteiger partial charge in [-0.3, -0.25) is 4.98 Å². The summed E-state index contributed by atoms with van der Waals surface area (Å²) in [7, 11) is 2.16. The first-order valence-corrected chi connectivity index (χ1v) is 6.82. The highest BCUT2D eigenvalue weighted by atomic mass is 16.5. The Bertz CT molecular complexity index is 362. The zero-order valence-corrected chi connectivity index (χ0v) is 11.4. The summed E-state index contributed by atoms with van der Waals surface area (Å²) in [6, 6.07) is 2.04. The molecule has 0 spiro atoms. The fourth-order valence-corrected chi connectivity index (χ4v) is 2.14. The quantitative estimate of drug-likeness (QED) is 0.869. The van der Waals surface area contributed by atoms with Gasteiger partial charge in [-0.25, -0.2) is 0 Å². The van der Waals surface area contributed by atoms with Crippen LogP contribution in [0.3, 0.4) is 0 Å². The minimum Gasteiger partial charge on any atom is -0.489 e. The molecule has 0 bridgehead atoms. The maximum absolute atomic E-state index is 6.00. The SMILES string of the molecule is CCCNc1cncc(OC2CCN(C)CC2)c1. The van der Waals surface area contributed by atoms with Crippen molar-refractivity contribution in [1.82, 2.24) is 9.88 Å². The lowest BCUT2D eigenvalue weighted by Crippen LogP contribution is -2.35. The summed E-state index contributed by atoms with van der Waals surface area (Å²) in [6.45, 7) is 5.36. The summed E-state index contributed by atoms with van der Waals surface area (Å²) in [5, 5.41) is 3.33. The number of piperidine rings is 1. The third kappa shape index (κ3) is 3.88. The molecule has 1 aromatic heterocycles. The first-order valence-electron chi connectivity index (χ1n) is 6.82. The van der Waals surface area contributed by atoms with Crippen molar-refractivity contribution in [3.8, 4) is 5.75 Å². The van der Waals surface area contributed by atoms with Gasteiger partial charge in [-0.1, -0.05) is 6.92 Å². The van der Waals surface area contributed by atoms with Crippen molar-refractivity contribution in [2.75, 3.05) is 32.0 Å². The van der Waals surface area contributed by atoms with Gasteiger partial charge in [-0.15, -0.1) is 0 Å². The lowest BCUT2D eigenvalue weighted by molar-refractivity contribution is 0.114. The van der Waals surface area contributed by atoms with E-state index in [-0.39, 0.29) is 0 Å². The zero-order valence-electron chi connectivity index (χ0n) is 11.4. The van der Waals surface area contributed by atoms with Crippen LogP contribution >= 0.6 is 0 Å². The Labute approximate surface area is 109 Å². The van der Waals surface area contributed by atoms with Gasteiger partial charge in [0.2, 0.25) is 0 Å². The van der Waals surface area contributed by atoms with Gasteiger partial charge in [-0.05, 0) is 26.3 Å². The minimum absolute atomic E-state index is 0.337. The number of nitrogens with one attached hydrogen (secondary N) is 1. The Hall–Kier alpha value is -1.29. The highest BCUT2D eigenvalue weighted by Gasteiger charge is 2.18. The molecule has 0 atom stereocenters. The second-order valence-corrected chi connectivity index (χ2v) is 4.96. The fourth-order valence-electron chi connectivity index (χ4n) is 2.14. The van der Waals surface area contributed by atoms with Crippen LogP contribution in [0.1, 0.15) is 26.2 Å². The molecule has 4 heteroatoms. The number of aromatic nitrogens is 1. The molecule has 1 fully saturated rings. The van der Waals surface area contributed by atoms with Gasteiger partial charge in [0.1, 0.15) is 11.9 Å². The van der Waals surface area contributed by atoms with Gasteiger partial charge in [0.15, 0.2) is 0 Å². The molecule has 100 valence electrons. The van der Waals surface area contributed by atoms with Crippen LogP contribution in [0.5, 0.6) is 5.75 Å². The Kier molecular flexibility index (Phi) is 4.81. The summed E-state index contributed by atoms with van der Waals surface area (Å²) >= 11 is 0. The van der Waals surface area contributed by atoms with Crippen LogP contribution in [0.4, 0.5) is 5.69 Å². The molecule has 0 aromatic carbocycles. The molecular weight excluding hydrogens is 226 g/mol. The molecule has 1 aliphatic rings. The van der Waals surface area contributed by atoms with Crippen molar-refractivity contribution >= 4 is 5.69 Å². The number of nitrogens with zero attached hydrogens (tertiary/aromatic N) is 2. The summed E-state index contributed by atoms with van der Waals surface area (Å²) in [6.07, 6.45) is 7.29. The van der Waals surface area contributed by atoms with E-state index in [1.165, 1.54) is 0 Å². The Balaban J connectivity index is 1.88. The second kappa shape index (κ2) is 6.59. The van der Waals surface area contributed by atoms with Crippen molar-refractivity contribution in [3.63, 3.8) is 0 Å². The highest BCUT2D eigenvalue weighted by Crippen LogP contribution is 2.20. The number of anilines is 1. The highest BCUT2D eigenvalue weighted by molar-refractivity contribution is 5.45. The summed E-state index contributed by atoms with van der Waals surface area (Å²) in [5.74, 6) is 0.880. The van der Waals surface area contributed by atoms with E-state index in [2.05, 4.69) is 29.2 Å². The van der Waals surface area contributed by atoms with E-state index in [0.717, 1.165) is 50.3 Å². The maximum atomic E-state index is 6.00. The molecule has 1 aromatic rings. The Morgan fingerprint density at radius 3 is 2.89 bits per heavy atom. The third-order valence-electron chi connectivity index (χ3n) is 3.26. The van der Waals surface area contributed by atoms with Crippen molar-refractivity contribution in [2.45, 2.75) is 32.3 Å². The predicted octanol–water partition coefficient (Wildman–Crippen LogP) is 2.38. The third-order valence-corrected chi connectivity index (χ3v) is 3.26. The van der Waals surface area contributed by atoms with Crippen molar-refractivity contribution in [3.05, 3.63) is 18.5 Å². The molecule has 4 nitrogen and oxygen atoms in total. The molecule has 0 amide bonds. The first kappa shape index (κ1) is 13.1. The zero-order chi connectivity index (χ0) is 12.8. The molecule has 0 saturated carbocycles. The lowest BCUT2D eigenvalue weighted by Gasteiger charge is -2.29. The molecule has 2 rings (SSSR count). The van der Waals surface area contributed by atoms with Crippen LogP contribution in [0.2, 0.25) is 0 Å². The minimum atomic E-state index is 0.337. The Morgan fingerprint density at radius 1 is 1.39 bits per heavy atom. The molecule has 18 heavy (non-hydrogen) atoms. The summed E-state index contributed by atoms with van der Waals surface area (Å²) in [5.41, 5.74) is 1.04. The van der Waals surface area contributed by atoms with Crippen molar-refractivity contribution < 1.29 is 4.74 Å². The van der Waals surface area contributed by atoms with E-state index in [9.17, 15) is 0 Å². The average Bonchev–Trinajstić information content (AvgIpc) is 2.40. The number of rotatable bonds is 5. The van der Waals surface area contributed by atoms with Crippen LogP contribution in [0.25, 0.3) is 0 Å². The van der Waals surface area contributed by atoms with Crippen molar-refractivity contribution in [2.24, 2.45) is 0 Å². The van der Waals surface area contributed by atoms with Crippen LogP contribution < -0.4 is 10.1 Å². The van der Waals surface area contributed by atoms with Crippen LogP contribution in [0, 0.1) is 0 Å². The molecule has 1 aliphatic heterocycles. The van der Waals surface area contributed by atoms with E-state index >= 15 is 0 Å². The molecule has 1 saturated heterocycles. The average molecular weight is 249 g/mol. The van der Waals surface area contributed by atoms with Gasteiger partial charge in [0, 0.05) is 25.7 Å².